The molecule has 0 fully saturated rings. The normalized spacial score (nSPS) is 11.6. The molecule has 124 valence electrons. The molecule has 0 saturated heterocycles. The minimum absolute atomic E-state index is 0.371. The van der Waals surface area contributed by atoms with Crippen LogP contribution in [0.4, 0.5) is 18.9 Å². The summed E-state index contributed by atoms with van der Waals surface area (Å²) in [7, 11) is 5.70. The summed E-state index contributed by atoms with van der Waals surface area (Å²) in [5.74, 6) is 0.993. The van der Waals surface area contributed by atoms with Crippen molar-refractivity contribution in [1.29, 1.82) is 0 Å². The van der Waals surface area contributed by atoms with Gasteiger partial charge in [-0.1, -0.05) is 0 Å². The predicted molar refractivity (Wildman–Crippen MR) is 84.9 cm³/mol. The maximum Gasteiger partial charge on any atom is 0.416 e. The van der Waals surface area contributed by atoms with Crippen LogP contribution >= 0.6 is 0 Å². The molecule has 2 rings (SSSR count). The topological polar surface area (TPSA) is 24.5 Å². The van der Waals surface area contributed by atoms with E-state index >= 15 is 0 Å². The van der Waals surface area contributed by atoms with Gasteiger partial charge >= 0.3 is 6.18 Å². The molecular formula is C17H19F3N2O. The van der Waals surface area contributed by atoms with Crippen molar-refractivity contribution in [2.45, 2.75) is 12.7 Å². The molecule has 0 radical (unpaired) electrons. The zero-order valence-corrected chi connectivity index (χ0v) is 13.2. The Morgan fingerprint density at radius 2 is 1.70 bits per heavy atom. The van der Waals surface area contributed by atoms with Gasteiger partial charge < -0.3 is 15.0 Å². The summed E-state index contributed by atoms with van der Waals surface area (Å²) in [5, 5.41) is 3.06. The van der Waals surface area contributed by atoms with E-state index in [9.17, 15) is 13.2 Å². The minimum Gasteiger partial charge on any atom is -0.457 e. The number of hydrogen-bond donors (Lipinski definition) is 1. The quantitative estimate of drug-likeness (QED) is 0.870. The SMILES string of the molecule is CNc1ccc(Oc2ccc(C(F)(F)F)cc2)c(CN(C)C)c1. The van der Waals surface area contributed by atoms with Gasteiger partial charge in [-0.05, 0) is 56.6 Å². The van der Waals surface area contributed by atoms with Crippen LogP contribution in [0, 0.1) is 0 Å². The molecule has 0 aliphatic carbocycles. The molecule has 0 aliphatic rings. The highest BCUT2D eigenvalue weighted by atomic mass is 19.4. The summed E-state index contributed by atoms with van der Waals surface area (Å²) in [6.07, 6.45) is -4.34. The van der Waals surface area contributed by atoms with Gasteiger partial charge in [-0.25, -0.2) is 0 Å². The van der Waals surface area contributed by atoms with E-state index in [4.69, 9.17) is 4.74 Å². The Balaban J connectivity index is 2.25. The maximum atomic E-state index is 12.6. The van der Waals surface area contributed by atoms with Gasteiger partial charge in [0.15, 0.2) is 0 Å². The smallest absolute Gasteiger partial charge is 0.416 e. The fraction of sp³-hybridized carbons (Fsp3) is 0.294. The van der Waals surface area contributed by atoms with Crippen LogP contribution in [0.2, 0.25) is 0 Å². The van der Waals surface area contributed by atoms with Crippen LogP contribution in [0.1, 0.15) is 11.1 Å². The Bertz CT molecular complexity index is 652. The second-order valence-electron chi connectivity index (χ2n) is 5.43. The number of nitrogens with one attached hydrogen (secondary N) is 1. The first-order valence-electron chi connectivity index (χ1n) is 7.10. The van der Waals surface area contributed by atoms with Crippen molar-refractivity contribution in [3.05, 3.63) is 53.6 Å². The van der Waals surface area contributed by atoms with Crippen molar-refractivity contribution in [2.24, 2.45) is 0 Å². The Morgan fingerprint density at radius 3 is 2.22 bits per heavy atom. The molecule has 6 heteroatoms. The second-order valence-corrected chi connectivity index (χ2v) is 5.43. The Kier molecular flexibility index (Phi) is 5.15. The lowest BCUT2D eigenvalue weighted by molar-refractivity contribution is -0.137. The van der Waals surface area contributed by atoms with Crippen molar-refractivity contribution in [2.75, 3.05) is 26.5 Å². The molecule has 23 heavy (non-hydrogen) atoms. The summed E-state index contributed by atoms with van der Waals surface area (Å²) in [4.78, 5) is 1.99. The van der Waals surface area contributed by atoms with E-state index in [1.54, 1.807) is 0 Å². The van der Waals surface area contributed by atoms with Gasteiger partial charge in [0.2, 0.25) is 0 Å². The first-order chi connectivity index (χ1) is 10.8. The highest BCUT2D eigenvalue weighted by Crippen LogP contribution is 2.33. The number of rotatable bonds is 5. The first kappa shape index (κ1) is 17.1. The fourth-order valence-electron chi connectivity index (χ4n) is 2.14. The minimum atomic E-state index is -4.34. The molecule has 2 aromatic carbocycles. The van der Waals surface area contributed by atoms with Crippen molar-refractivity contribution in [3.63, 3.8) is 0 Å². The third kappa shape index (κ3) is 4.63. The molecule has 0 heterocycles. The molecule has 0 aliphatic heterocycles. The average molecular weight is 324 g/mol. The van der Waals surface area contributed by atoms with Crippen LogP contribution in [0.5, 0.6) is 11.5 Å². The number of halogens is 3. The zero-order chi connectivity index (χ0) is 17.0. The van der Waals surface area contributed by atoms with Gasteiger partial charge in [-0.2, -0.15) is 13.2 Å². The van der Waals surface area contributed by atoms with E-state index in [-0.39, 0.29) is 0 Å². The first-order valence-corrected chi connectivity index (χ1v) is 7.10. The molecule has 0 atom stereocenters. The average Bonchev–Trinajstić information content (AvgIpc) is 2.48. The highest BCUT2D eigenvalue weighted by molar-refractivity contribution is 5.52. The Hall–Kier alpha value is -2.21. The molecule has 0 unspecified atom stereocenters. The molecule has 0 amide bonds. The lowest BCUT2D eigenvalue weighted by Crippen LogP contribution is -2.11. The van der Waals surface area contributed by atoms with E-state index in [1.165, 1.54) is 12.1 Å². The van der Waals surface area contributed by atoms with Crippen LogP contribution in [-0.4, -0.2) is 26.0 Å². The number of alkyl halides is 3. The number of nitrogens with zero attached hydrogens (tertiary/aromatic N) is 1. The molecule has 0 saturated carbocycles. The number of hydrogen-bond acceptors (Lipinski definition) is 3. The van der Waals surface area contributed by atoms with E-state index in [0.29, 0.717) is 18.0 Å². The van der Waals surface area contributed by atoms with Gasteiger partial charge in [-0.15, -0.1) is 0 Å². The summed E-state index contributed by atoms with van der Waals surface area (Å²) in [6.45, 7) is 0.658. The fourth-order valence-corrected chi connectivity index (χ4v) is 2.14. The van der Waals surface area contributed by atoms with Crippen LogP contribution in [0.25, 0.3) is 0 Å². The van der Waals surface area contributed by atoms with Gasteiger partial charge in [0, 0.05) is 24.8 Å². The summed E-state index contributed by atoms with van der Waals surface area (Å²) in [6, 6.07) is 10.3. The van der Waals surface area contributed by atoms with Gasteiger partial charge in [0.05, 0.1) is 5.56 Å². The second kappa shape index (κ2) is 6.91. The van der Waals surface area contributed by atoms with E-state index in [1.807, 2.05) is 44.2 Å². The van der Waals surface area contributed by atoms with Crippen molar-refractivity contribution in [1.82, 2.24) is 4.90 Å². The van der Waals surface area contributed by atoms with E-state index < -0.39 is 11.7 Å². The lowest BCUT2D eigenvalue weighted by atomic mass is 10.1. The monoisotopic (exact) mass is 324 g/mol. The third-order valence-corrected chi connectivity index (χ3v) is 3.25. The lowest BCUT2D eigenvalue weighted by Gasteiger charge is -2.16. The van der Waals surface area contributed by atoms with Crippen molar-refractivity contribution >= 4 is 5.69 Å². The summed E-state index contributed by atoms with van der Waals surface area (Å²) < 4.78 is 43.5. The van der Waals surface area contributed by atoms with Gasteiger partial charge in [0.25, 0.3) is 0 Å². The van der Waals surface area contributed by atoms with Crippen LogP contribution in [-0.2, 0) is 12.7 Å². The van der Waals surface area contributed by atoms with Crippen LogP contribution < -0.4 is 10.1 Å². The number of anilines is 1. The molecule has 2 aromatic rings. The number of ether oxygens (including phenoxy) is 1. The third-order valence-electron chi connectivity index (χ3n) is 3.25. The van der Waals surface area contributed by atoms with Crippen molar-refractivity contribution in [3.8, 4) is 11.5 Å². The van der Waals surface area contributed by atoms with Gasteiger partial charge in [0.1, 0.15) is 11.5 Å². The largest absolute Gasteiger partial charge is 0.457 e. The highest BCUT2D eigenvalue weighted by Gasteiger charge is 2.30. The number of benzene rings is 2. The Morgan fingerprint density at radius 1 is 1.04 bits per heavy atom. The summed E-state index contributed by atoms with van der Waals surface area (Å²) in [5.41, 5.74) is 1.20. The molecule has 0 aromatic heterocycles. The standard InChI is InChI=1S/C17H19F3N2O/c1-21-14-6-9-16(12(10-14)11-22(2)3)23-15-7-4-13(5-8-15)17(18,19)20/h4-10,21H,11H2,1-3H3. The molecule has 0 bridgehead atoms. The maximum absolute atomic E-state index is 12.6. The van der Waals surface area contributed by atoms with Crippen LogP contribution in [0.15, 0.2) is 42.5 Å². The van der Waals surface area contributed by atoms with E-state index in [0.717, 1.165) is 23.4 Å². The Labute approximate surface area is 133 Å². The molecular weight excluding hydrogens is 305 g/mol. The molecule has 3 nitrogen and oxygen atoms in total. The molecule has 1 N–H and O–H groups in total. The van der Waals surface area contributed by atoms with E-state index in [2.05, 4.69) is 5.32 Å². The van der Waals surface area contributed by atoms with Gasteiger partial charge in [-0.3, -0.25) is 0 Å². The molecule has 0 spiro atoms. The van der Waals surface area contributed by atoms with Crippen LogP contribution in [0.3, 0.4) is 0 Å². The summed E-state index contributed by atoms with van der Waals surface area (Å²) >= 11 is 0. The predicted octanol–water partition coefficient (Wildman–Crippen LogP) is 4.60. The van der Waals surface area contributed by atoms with Crippen molar-refractivity contribution < 1.29 is 17.9 Å². The zero-order valence-electron chi connectivity index (χ0n) is 13.2.